The van der Waals surface area contributed by atoms with Gasteiger partial charge in [-0.15, -0.1) is 0 Å². The van der Waals surface area contributed by atoms with E-state index in [1.807, 2.05) is 6.92 Å². The lowest BCUT2D eigenvalue weighted by molar-refractivity contribution is -0.164. The molecule has 0 aromatic heterocycles. The van der Waals surface area contributed by atoms with Crippen molar-refractivity contribution in [3.05, 3.63) is 35.4 Å². The Kier molecular flexibility index (Phi) is 6.81. The van der Waals surface area contributed by atoms with E-state index in [1.165, 1.54) is 24.0 Å². The van der Waals surface area contributed by atoms with E-state index in [4.69, 9.17) is 0 Å². The molecule has 0 spiro atoms. The minimum Gasteiger partial charge on any atom is -0.481 e. The summed E-state index contributed by atoms with van der Waals surface area (Å²) in [5, 5.41) is 20.1. The number of β-amino-alcohol motifs (C(OH)–C–C–N with tert-alkyl or cyclic N) is 1. The van der Waals surface area contributed by atoms with Gasteiger partial charge in [0.2, 0.25) is 0 Å². The van der Waals surface area contributed by atoms with Gasteiger partial charge in [0.1, 0.15) is 0 Å². The summed E-state index contributed by atoms with van der Waals surface area (Å²) in [6, 6.07) is 8.68. The van der Waals surface area contributed by atoms with Crippen molar-refractivity contribution < 1.29 is 15.0 Å². The molecule has 1 aliphatic rings. The normalized spacial score (nSPS) is 24.9. The van der Waals surface area contributed by atoms with Gasteiger partial charge in [-0.25, -0.2) is 0 Å². The number of aliphatic hydroxyl groups is 1. The van der Waals surface area contributed by atoms with Gasteiger partial charge in [0.25, 0.3) is 0 Å². The third-order valence-electron chi connectivity index (χ3n) is 5.31. The molecule has 4 nitrogen and oxygen atoms in total. The first-order chi connectivity index (χ1) is 11.5. The predicted molar refractivity (Wildman–Crippen MR) is 95.9 cm³/mol. The Balaban J connectivity index is 1.95. The number of aliphatic carboxylic acids is 1. The Labute approximate surface area is 145 Å². The molecular weight excluding hydrogens is 302 g/mol. The van der Waals surface area contributed by atoms with E-state index in [1.54, 1.807) is 0 Å². The molecule has 1 aromatic carbocycles. The zero-order chi connectivity index (χ0) is 17.6. The average molecular weight is 333 g/mol. The maximum atomic E-state index is 11.7. The van der Waals surface area contributed by atoms with E-state index in [9.17, 15) is 15.0 Å². The Hall–Kier alpha value is -1.39. The Morgan fingerprint density at radius 2 is 1.88 bits per heavy atom. The molecule has 134 valence electrons. The molecular formula is C20H31NO3. The van der Waals surface area contributed by atoms with Gasteiger partial charge in [-0.1, -0.05) is 51.0 Å². The molecule has 1 heterocycles. The summed E-state index contributed by atoms with van der Waals surface area (Å²) >= 11 is 0. The highest BCUT2D eigenvalue weighted by molar-refractivity contribution is 5.75. The molecule has 0 saturated carbocycles. The lowest BCUT2D eigenvalue weighted by atomic mass is 9.73. The number of piperidine rings is 1. The maximum absolute atomic E-state index is 11.7. The number of aliphatic hydroxyl groups excluding tert-OH is 1. The van der Waals surface area contributed by atoms with E-state index in [2.05, 4.69) is 36.1 Å². The van der Waals surface area contributed by atoms with Crippen molar-refractivity contribution in [1.82, 2.24) is 4.90 Å². The van der Waals surface area contributed by atoms with E-state index < -0.39 is 17.5 Å². The monoisotopic (exact) mass is 333 g/mol. The van der Waals surface area contributed by atoms with Crippen LogP contribution in [0.2, 0.25) is 0 Å². The van der Waals surface area contributed by atoms with Crippen molar-refractivity contribution in [2.45, 2.75) is 65.0 Å². The van der Waals surface area contributed by atoms with Gasteiger partial charge in [-0.2, -0.15) is 0 Å². The number of benzene rings is 1. The van der Waals surface area contributed by atoms with Crippen molar-refractivity contribution in [2.24, 2.45) is 5.41 Å². The lowest BCUT2D eigenvalue weighted by Crippen LogP contribution is -2.54. The molecule has 1 aliphatic heterocycles. The highest BCUT2D eigenvalue weighted by Crippen LogP contribution is 2.37. The highest BCUT2D eigenvalue weighted by atomic mass is 16.4. The smallest absolute Gasteiger partial charge is 0.312 e. The Morgan fingerprint density at radius 3 is 2.42 bits per heavy atom. The molecule has 2 atom stereocenters. The molecule has 24 heavy (non-hydrogen) atoms. The van der Waals surface area contributed by atoms with Crippen molar-refractivity contribution in [3.63, 3.8) is 0 Å². The van der Waals surface area contributed by atoms with Gasteiger partial charge in [-0.05, 0) is 43.4 Å². The number of aryl methyl sites for hydroxylation is 1. The molecule has 0 unspecified atom stereocenters. The van der Waals surface area contributed by atoms with Gasteiger partial charge >= 0.3 is 5.97 Å². The number of nitrogens with zero attached hydrogens (tertiary/aromatic N) is 1. The Bertz CT molecular complexity index is 528. The zero-order valence-electron chi connectivity index (χ0n) is 15.0. The van der Waals surface area contributed by atoms with Gasteiger partial charge in [0.05, 0.1) is 11.5 Å². The second-order valence-corrected chi connectivity index (χ2v) is 7.13. The van der Waals surface area contributed by atoms with Gasteiger partial charge in [0, 0.05) is 13.1 Å². The van der Waals surface area contributed by atoms with Crippen LogP contribution in [-0.4, -0.2) is 40.3 Å². The molecule has 1 aromatic rings. The van der Waals surface area contributed by atoms with Crippen molar-refractivity contribution in [3.8, 4) is 0 Å². The first-order valence-corrected chi connectivity index (χ1v) is 9.23. The number of likely N-dealkylation sites (tertiary alicyclic amines) is 1. The predicted octanol–water partition coefficient (Wildman–Crippen LogP) is 3.47. The van der Waals surface area contributed by atoms with Crippen LogP contribution in [-0.2, 0) is 17.8 Å². The average Bonchev–Trinajstić information content (AvgIpc) is 2.56. The number of unbranched alkanes of at least 4 members (excludes halogenated alkanes) is 1. The second-order valence-electron chi connectivity index (χ2n) is 7.13. The molecule has 0 bridgehead atoms. The van der Waals surface area contributed by atoms with Crippen LogP contribution in [0.25, 0.3) is 0 Å². The largest absolute Gasteiger partial charge is 0.481 e. The van der Waals surface area contributed by atoms with Crippen LogP contribution < -0.4 is 0 Å². The lowest BCUT2D eigenvalue weighted by Gasteiger charge is -2.42. The fraction of sp³-hybridized carbons (Fsp3) is 0.650. The van der Waals surface area contributed by atoms with Crippen LogP contribution in [0, 0.1) is 5.41 Å². The van der Waals surface area contributed by atoms with Crippen LogP contribution in [0.15, 0.2) is 24.3 Å². The third-order valence-corrected chi connectivity index (χ3v) is 5.31. The molecule has 2 N–H and O–H groups in total. The number of hydrogen-bond donors (Lipinski definition) is 2. The quantitative estimate of drug-likeness (QED) is 0.765. The number of rotatable bonds is 8. The number of carboxylic acids is 1. The van der Waals surface area contributed by atoms with E-state index in [-0.39, 0.29) is 0 Å². The number of hydrogen-bond acceptors (Lipinski definition) is 3. The van der Waals surface area contributed by atoms with Crippen LogP contribution in [0.1, 0.15) is 57.1 Å². The zero-order valence-corrected chi connectivity index (χ0v) is 15.0. The van der Waals surface area contributed by atoms with Crippen LogP contribution in [0.4, 0.5) is 0 Å². The topological polar surface area (TPSA) is 60.8 Å². The molecule has 2 rings (SSSR count). The number of carbonyl (C=O) groups is 1. The first-order valence-electron chi connectivity index (χ1n) is 9.23. The fourth-order valence-corrected chi connectivity index (χ4v) is 3.72. The van der Waals surface area contributed by atoms with E-state index in [0.717, 1.165) is 25.9 Å². The Morgan fingerprint density at radius 1 is 1.21 bits per heavy atom. The van der Waals surface area contributed by atoms with Crippen molar-refractivity contribution in [1.29, 1.82) is 0 Å². The summed E-state index contributed by atoms with van der Waals surface area (Å²) in [7, 11) is 0. The van der Waals surface area contributed by atoms with Crippen LogP contribution in [0.3, 0.4) is 0 Å². The standard InChI is InChI=1S/C20H31NO3/c1-3-5-6-16-7-9-17(10-8-16)14-21-13-12-20(11-4-2,19(23)24)18(22)15-21/h7-10,18,22H,3-6,11-15H2,1-2H3,(H,23,24)/t18-,20+/m1/s1. The van der Waals surface area contributed by atoms with E-state index in [0.29, 0.717) is 19.4 Å². The summed E-state index contributed by atoms with van der Waals surface area (Å²) < 4.78 is 0. The molecule has 1 saturated heterocycles. The fourth-order valence-electron chi connectivity index (χ4n) is 3.72. The minimum atomic E-state index is -0.963. The third kappa shape index (κ3) is 4.37. The minimum absolute atomic E-state index is 0.434. The van der Waals surface area contributed by atoms with Crippen molar-refractivity contribution >= 4 is 5.97 Å². The van der Waals surface area contributed by atoms with Gasteiger partial charge < -0.3 is 10.2 Å². The second kappa shape index (κ2) is 8.63. The summed E-state index contributed by atoms with van der Waals surface area (Å²) in [5.41, 5.74) is 1.63. The molecule has 1 fully saturated rings. The van der Waals surface area contributed by atoms with Gasteiger partial charge in [-0.3, -0.25) is 9.69 Å². The molecule has 4 heteroatoms. The summed E-state index contributed by atoms with van der Waals surface area (Å²) in [6.45, 7) is 6.10. The highest BCUT2D eigenvalue weighted by Gasteiger charge is 2.47. The van der Waals surface area contributed by atoms with Crippen molar-refractivity contribution in [2.75, 3.05) is 13.1 Å². The SMILES string of the molecule is CCCCc1ccc(CN2CC[C@](CCC)(C(=O)O)[C@H](O)C2)cc1. The van der Waals surface area contributed by atoms with Crippen LogP contribution >= 0.6 is 0 Å². The summed E-state index contributed by atoms with van der Waals surface area (Å²) in [6.07, 6.45) is 4.59. The first kappa shape index (κ1) is 18.9. The summed E-state index contributed by atoms with van der Waals surface area (Å²) in [4.78, 5) is 13.9. The maximum Gasteiger partial charge on any atom is 0.312 e. The number of carboxylic acid groups (broad SMARTS) is 1. The van der Waals surface area contributed by atoms with E-state index >= 15 is 0 Å². The molecule has 0 aliphatic carbocycles. The molecule has 0 radical (unpaired) electrons. The van der Waals surface area contributed by atoms with Crippen LogP contribution in [0.5, 0.6) is 0 Å². The van der Waals surface area contributed by atoms with Gasteiger partial charge in [0.15, 0.2) is 0 Å². The molecule has 0 amide bonds. The summed E-state index contributed by atoms with van der Waals surface area (Å²) in [5.74, 6) is -0.850.